The summed E-state index contributed by atoms with van der Waals surface area (Å²) in [5.41, 5.74) is -2.11. The van der Waals surface area contributed by atoms with Crippen LogP contribution in [0.3, 0.4) is 0 Å². The van der Waals surface area contributed by atoms with Gasteiger partial charge in [0.1, 0.15) is 0 Å². The Bertz CT molecular complexity index is 805. The summed E-state index contributed by atoms with van der Waals surface area (Å²) in [6.45, 7) is -0.409. The minimum atomic E-state index is -4.91. The maximum atomic E-state index is 13.5. The van der Waals surface area contributed by atoms with Crippen LogP contribution in [-0.4, -0.2) is 46.5 Å². The zero-order valence-corrected chi connectivity index (χ0v) is 14.0. The van der Waals surface area contributed by atoms with Crippen LogP contribution in [0.25, 0.3) is 5.69 Å². The van der Waals surface area contributed by atoms with Crippen LogP contribution in [0.1, 0.15) is 16.1 Å². The van der Waals surface area contributed by atoms with Gasteiger partial charge in [-0.1, -0.05) is 11.6 Å². The number of aliphatic carboxylic acids is 1. The molecule has 2 aromatic rings. The fourth-order valence-electron chi connectivity index (χ4n) is 2.14. The molecule has 2 rings (SSSR count). The lowest BCUT2D eigenvalue weighted by atomic mass is 10.2. The summed E-state index contributed by atoms with van der Waals surface area (Å²) in [6.07, 6.45) is -4.19. The third-order valence-corrected chi connectivity index (χ3v) is 3.54. The third-order valence-electron chi connectivity index (χ3n) is 3.29. The van der Waals surface area contributed by atoms with Crippen molar-refractivity contribution in [3.63, 3.8) is 0 Å². The number of carboxylic acids is 1. The summed E-state index contributed by atoms with van der Waals surface area (Å²) < 4.78 is 45.7. The van der Waals surface area contributed by atoms with Crippen LogP contribution in [0.4, 0.5) is 13.2 Å². The summed E-state index contributed by atoms with van der Waals surface area (Å²) in [6, 6.07) is 3.84. The number of alkyl halides is 3. The maximum Gasteiger partial charge on any atom is 0.434 e. The number of methoxy groups -OCH3 is 1. The van der Waals surface area contributed by atoms with Crippen molar-refractivity contribution in [3.8, 4) is 5.69 Å². The normalized spacial score (nSPS) is 12.7. The van der Waals surface area contributed by atoms with Gasteiger partial charge in [-0.2, -0.15) is 18.3 Å². The van der Waals surface area contributed by atoms with Gasteiger partial charge in [0.15, 0.2) is 11.7 Å². The molecule has 0 saturated heterocycles. The van der Waals surface area contributed by atoms with E-state index in [0.717, 1.165) is 6.20 Å². The number of halogens is 4. The van der Waals surface area contributed by atoms with Gasteiger partial charge in [0.2, 0.25) is 0 Å². The molecular formula is C15H13ClF3N3O4. The molecule has 2 N–H and O–H groups in total. The Labute approximate surface area is 150 Å². The second-order valence-electron chi connectivity index (χ2n) is 5.11. The lowest BCUT2D eigenvalue weighted by molar-refractivity contribution is -0.143. The molecule has 0 aliphatic heterocycles. The molecule has 0 bridgehead atoms. The van der Waals surface area contributed by atoms with Crippen molar-refractivity contribution in [2.75, 3.05) is 13.7 Å². The lowest BCUT2D eigenvalue weighted by Crippen LogP contribution is -2.44. The summed E-state index contributed by atoms with van der Waals surface area (Å²) in [5.74, 6) is -2.68. The zero-order chi connectivity index (χ0) is 19.5. The molecule has 7 nitrogen and oxygen atoms in total. The van der Waals surface area contributed by atoms with Crippen LogP contribution in [0.2, 0.25) is 5.02 Å². The van der Waals surface area contributed by atoms with E-state index in [0.29, 0.717) is 9.70 Å². The average Bonchev–Trinajstić information content (AvgIpc) is 3.00. The smallest absolute Gasteiger partial charge is 0.434 e. The monoisotopic (exact) mass is 391 g/mol. The van der Waals surface area contributed by atoms with Crippen LogP contribution < -0.4 is 5.32 Å². The predicted molar refractivity (Wildman–Crippen MR) is 84.3 cm³/mol. The van der Waals surface area contributed by atoms with Gasteiger partial charge in [-0.3, -0.25) is 4.79 Å². The van der Waals surface area contributed by atoms with Crippen molar-refractivity contribution >= 4 is 23.5 Å². The van der Waals surface area contributed by atoms with Crippen molar-refractivity contribution < 1.29 is 32.6 Å². The number of hydrogen-bond donors (Lipinski definition) is 2. The molecule has 140 valence electrons. The minimum absolute atomic E-state index is 0.0347. The number of carbonyl (C=O) groups excluding carboxylic acids is 1. The summed E-state index contributed by atoms with van der Waals surface area (Å²) >= 11 is 5.72. The number of amides is 1. The highest BCUT2D eigenvalue weighted by molar-refractivity contribution is 6.30. The van der Waals surface area contributed by atoms with Crippen molar-refractivity contribution in [2.45, 2.75) is 12.2 Å². The Kier molecular flexibility index (Phi) is 5.88. The quantitative estimate of drug-likeness (QED) is 0.788. The van der Waals surface area contributed by atoms with Gasteiger partial charge in [0.25, 0.3) is 5.91 Å². The molecule has 26 heavy (non-hydrogen) atoms. The van der Waals surface area contributed by atoms with Gasteiger partial charge in [-0.15, -0.1) is 0 Å². The van der Waals surface area contributed by atoms with E-state index in [1.54, 1.807) is 0 Å². The molecule has 0 aliphatic carbocycles. The molecule has 1 aromatic carbocycles. The van der Waals surface area contributed by atoms with Crippen molar-refractivity contribution in [3.05, 3.63) is 46.7 Å². The Balaban J connectivity index is 2.44. The first-order valence-electron chi connectivity index (χ1n) is 7.09. The zero-order valence-electron chi connectivity index (χ0n) is 13.2. The fourth-order valence-corrected chi connectivity index (χ4v) is 2.27. The van der Waals surface area contributed by atoms with Crippen LogP contribution >= 0.6 is 11.6 Å². The lowest BCUT2D eigenvalue weighted by Gasteiger charge is -2.15. The van der Waals surface area contributed by atoms with Crippen LogP contribution in [0, 0.1) is 0 Å². The molecular weight excluding hydrogens is 379 g/mol. The standard InChI is InChI=1S/C15H13ClF3N3O4/c1-26-7-11(14(24)25)21-13(23)10-6-20-22(12(10)15(17,18)19)9-4-2-8(16)3-5-9/h2-6,11H,7H2,1H3,(H,21,23)(H,24,25). The van der Waals surface area contributed by atoms with E-state index >= 15 is 0 Å². The van der Waals surface area contributed by atoms with E-state index in [1.165, 1.54) is 31.4 Å². The number of hydrogen-bond acceptors (Lipinski definition) is 4. The van der Waals surface area contributed by atoms with Crippen molar-refractivity contribution in [1.29, 1.82) is 0 Å². The molecule has 0 radical (unpaired) electrons. The molecule has 0 saturated carbocycles. The Hall–Kier alpha value is -2.59. The topological polar surface area (TPSA) is 93.5 Å². The molecule has 1 atom stereocenters. The van der Waals surface area contributed by atoms with Crippen molar-refractivity contribution in [1.82, 2.24) is 15.1 Å². The van der Waals surface area contributed by atoms with E-state index in [-0.39, 0.29) is 5.69 Å². The van der Waals surface area contributed by atoms with E-state index in [1.807, 2.05) is 5.32 Å². The second kappa shape index (κ2) is 7.75. The number of rotatable bonds is 6. The molecule has 1 amide bonds. The number of nitrogens with one attached hydrogen (secondary N) is 1. The molecule has 1 aromatic heterocycles. The third kappa shape index (κ3) is 4.33. The SMILES string of the molecule is COCC(NC(=O)c1cnn(-c2ccc(Cl)cc2)c1C(F)(F)F)C(=O)O. The van der Waals surface area contributed by atoms with Crippen molar-refractivity contribution in [2.24, 2.45) is 0 Å². The number of ether oxygens (including phenoxy) is 1. The van der Waals surface area contributed by atoms with Gasteiger partial charge in [-0.05, 0) is 24.3 Å². The maximum absolute atomic E-state index is 13.5. The van der Waals surface area contributed by atoms with Gasteiger partial charge < -0.3 is 15.2 Å². The molecule has 11 heteroatoms. The highest BCUT2D eigenvalue weighted by Gasteiger charge is 2.41. The molecule has 1 unspecified atom stereocenters. The molecule has 0 spiro atoms. The number of carbonyl (C=O) groups is 2. The van der Waals surface area contributed by atoms with Gasteiger partial charge >= 0.3 is 12.1 Å². The fraction of sp³-hybridized carbons (Fsp3) is 0.267. The van der Waals surface area contributed by atoms with E-state index < -0.39 is 42.0 Å². The van der Waals surface area contributed by atoms with E-state index in [2.05, 4.69) is 9.84 Å². The van der Waals surface area contributed by atoms with E-state index in [9.17, 15) is 22.8 Å². The molecule has 0 fully saturated rings. The highest BCUT2D eigenvalue weighted by Crippen LogP contribution is 2.33. The highest BCUT2D eigenvalue weighted by atomic mass is 35.5. The van der Waals surface area contributed by atoms with Crippen LogP contribution in [0.15, 0.2) is 30.5 Å². The van der Waals surface area contributed by atoms with Gasteiger partial charge in [0, 0.05) is 12.1 Å². The average molecular weight is 392 g/mol. The Morgan fingerprint density at radius 1 is 1.35 bits per heavy atom. The van der Waals surface area contributed by atoms with Crippen LogP contribution in [0.5, 0.6) is 0 Å². The minimum Gasteiger partial charge on any atom is -0.480 e. The molecule has 0 aliphatic rings. The number of aromatic nitrogens is 2. The second-order valence-corrected chi connectivity index (χ2v) is 5.55. The Morgan fingerprint density at radius 2 is 1.96 bits per heavy atom. The first-order valence-corrected chi connectivity index (χ1v) is 7.46. The predicted octanol–water partition coefficient (Wildman–Crippen LogP) is 2.37. The number of nitrogens with zero attached hydrogens (tertiary/aromatic N) is 2. The van der Waals surface area contributed by atoms with Gasteiger partial charge in [-0.25, -0.2) is 9.48 Å². The first kappa shape index (κ1) is 19.7. The number of benzene rings is 1. The van der Waals surface area contributed by atoms with Crippen LogP contribution in [-0.2, 0) is 15.7 Å². The first-order chi connectivity index (χ1) is 12.1. The summed E-state index contributed by atoms with van der Waals surface area (Å²) in [4.78, 5) is 23.2. The molecule has 1 heterocycles. The summed E-state index contributed by atoms with van der Waals surface area (Å²) in [5, 5.41) is 14.9. The largest absolute Gasteiger partial charge is 0.480 e. The summed E-state index contributed by atoms with van der Waals surface area (Å²) in [7, 11) is 1.20. The Morgan fingerprint density at radius 3 is 2.46 bits per heavy atom. The number of carboxylic acid groups (broad SMARTS) is 1. The van der Waals surface area contributed by atoms with E-state index in [4.69, 9.17) is 16.7 Å². The van der Waals surface area contributed by atoms with Gasteiger partial charge in [0.05, 0.1) is 24.1 Å².